The Bertz CT molecular complexity index is 1460. The van der Waals surface area contributed by atoms with Gasteiger partial charge in [-0.15, -0.1) is 0 Å². The lowest BCUT2D eigenvalue weighted by Crippen LogP contribution is -2.69. The van der Waals surface area contributed by atoms with Gasteiger partial charge in [0.25, 0.3) is 5.91 Å². The Balaban J connectivity index is 1.30. The Morgan fingerprint density at radius 3 is 2.58 bits per heavy atom. The molecule has 2 aliphatic carbocycles. The highest BCUT2D eigenvalue weighted by Crippen LogP contribution is 2.64. The van der Waals surface area contributed by atoms with Gasteiger partial charge in [0.2, 0.25) is 0 Å². The number of aliphatic carboxylic acids is 2. The normalized spacial score (nSPS) is 28.2. The summed E-state index contributed by atoms with van der Waals surface area (Å²) in [5.41, 5.74) is 0.00948. The number of rotatable bonds is 11. The third-order valence-electron chi connectivity index (χ3n) is 9.37. The number of aliphatic hydroxyl groups is 3. The first-order chi connectivity index (χ1) is 21.2. The van der Waals surface area contributed by atoms with Crippen molar-refractivity contribution in [1.82, 2.24) is 10.2 Å². The smallest absolute Gasteiger partial charge is 0.340 e. The first-order valence-electron chi connectivity index (χ1n) is 14.6. The van der Waals surface area contributed by atoms with Crippen molar-refractivity contribution in [2.75, 3.05) is 13.6 Å². The fourth-order valence-electron chi connectivity index (χ4n) is 7.27. The number of benzene rings is 1. The van der Waals surface area contributed by atoms with E-state index in [0.29, 0.717) is 30.6 Å². The lowest BCUT2D eigenvalue weighted by Gasteiger charge is -2.56. The van der Waals surface area contributed by atoms with Crippen molar-refractivity contribution in [3.63, 3.8) is 0 Å². The van der Waals surface area contributed by atoms with Gasteiger partial charge in [0, 0.05) is 23.6 Å². The molecule has 2 aliphatic heterocycles. The summed E-state index contributed by atoms with van der Waals surface area (Å²) in [7, 11) is 1.96. The summed E-state index contributed by atoms with van der Waals surface area (Å²) in [6.45, 7) is 1.52. The highest BCUT2D eigenvalue weighted by molar-refractivity contribution is 5.90. The maximum atomic E-state index is 13.0. The topological polar surface area (TPSA) is 229 Å². The second-order valence-electron chi connectivity index (χ2n) is 12.0. The number of esters is 2. The van der Waals surface area contributed by atoms with Gasteiger partial charge in [-0.25, -0.2) is 9.59 Å². The molecule has 15 heteroatoms. The molecule has 1 saturated heterocycles. The number of carbonyl (C=O) groups excluding carboxylic acids is 3. The molecule has 2 bridgehead atoms. The minimum atomic E-state index is -2.02. The Morgan fingerprint density at radius 2 is 1.91 bits per heavy atom. The van der Waals surface area contributed by atoms with E-state index in [4.69, 9.17) is 24.4 Å². The first-order valence-corrected chi connectivity index (χ1v) is 14.6. The second kappa shape index (κ2) is 12.0. The van der Waals surface area contributed by atoms with E-state index in [2.05, 4.69) is 4.90 Å². The van der Waals surface area contributed by atoms with Crippen LogP contribution >= 0.6 is 0 Å². The van der Waals surface area contributed by atoms with Crippen LogP contribution in [-0.2, 0) is 51.9 Å². The largest absolute Gasteiger partial charge is 0.481 e. The van der Waals surface area contributed by atoms with Gasteiger partial charge in [0.1, 0.15) is 17.6 Å². The summed E-state index contributed by atoms with van der Waals surface area (Å²) in [4.78, 5) is 61.9. The molecule has 1 aromatic rings. The molecule has 0 saturated carbocycles. The van der Waals surface area contributed by atoms with Gasteiger partial charge in [0.05, 0.1) is 30.5 Å². The van der Waals surface area contributed by atoms with E-state index < -0.39 is 78.0 Å². The molecular formula is C30H36N2O13. The molecule has 0 radical (unpaired) electrons. The minimum Gasteiger partial charge on any atom is -0.481 e. The number of carboxylic acid groups (broad SMARTS) is 2. The molecule has 2 heterocycles. The number of amides is 1. The predicted molar refractivity (Wildman–Crippen MR) is 150 cm³/mol. The molecule has 1 aromatic carbocycles. The van der Waals surface area contributed by atoms with E-state index in [0.717, 1.165) is 24.6 Å². The van der Waals surface area contributed by atoms with Crippen molar-refractivity contribution in [2.24, 2.45) is 0 Å². The minimum absolute atomic E-state index is 0.0548. The molecular weight excluding hydrogens is 596 g/mol. The molecule has 244 valence electrons. The zero-order valence-electron chi connectivity index (χ0n) is 24.7. The molecule has 4 aliphatic rings. The van der Waals surface area contributed by atoms with Crippen molar-refractivity contribution in [2.45, 2.75) is 93.5 Å². The quantitative estimate of drug-likeness (QED) is 0.163. The molecule has 1 spiro atoms. The number of aliphatic hydroxyl groups excluding tert-OH is 2. The van der Waals surface area contributed by atoms with Crippen LogP contribution in [-0.4, -0.2) is 110 Å². The van der Waals surface area contributed by atoms with E-state index in [-0.39, 0.29) is 24.8 Å². The molecule has 15 nitrogen and oxygen atoms in total. The summed E-state index contributed by atoms with van der Waals surface area (Å²) >= 11 is 0. The second-order valence-corrected chi connectivity index (χ2v) is 12.0. The Labute approximate surface area is 257 Å². The van der Waals surface area contributed by atoms with Crippen molar-refractivity contribution in [1.29, 1.82) is 0 Å². The predicted octanol–water partition coefficient (Wildman–Crippen LogP) is -0.883. The molecule has 45 heavy (non-hydrogen) atoms. The number of carbonyl (C=O) groups is 5. The van der Waals surface area contributed by atoms with Crippen LogP contribution in [0.4, 0.5) is 0 Å². The van der Waals surface area contributed by atoms with Crippen LogP contribution in [0.2, 0.25) is 0 Å². The van der Waals surface area contributed by atoms with Gasteiger partial charge in [0.15, 0.2) is 18.3 Å². The Morgan fingerprint density at radius 1 is 1.18 bits per heavy atom. The lowest BCUT2D eigenvalue weighted by atomic mass is 9.52. The molecule has 5 rings (SSSR count). The third-order valence-corrected chi connectivity index (χ3v) is 9.37. The van der Waals surface area contributed by atoms with Crippen molar-refractivity contribution in [3.05, 3.63) is 40.7 Å². The summed E-state index contributed by atoms with van der Waals surface area (Å²) in [6.07, 6.45) is -2.90. The standard InChI is InChI=1S/C30H36N2O13/c1-14(26(38)31-17(27(39)40)11-21(35)36)43-22(37)12-18(34)28(41)44-19-6-8-30(42)20-10-15-4-5-16(13-33)24-23(15)29(30,25(19)45-24)7-3-9-32(20)2/h4-6,14,17-18,20,25,33-34,42H,3,7-13H2,1-2H3,(H,31,38)(H,35,36)(H,39,40)/t14-,17+,18-,20+,25-,29-,30+/m0/s1. The van der Waals surface area contributed by atoms with Crippen molar-refractivity contribution >= 4 is 29.8 Å². The summed E-state index contributed by atoms with van der Waals surface area (Å²) in [5.74, 6) is -6.05. The van der Waals surface area contributed by atoms with Crippen LogP contribution in [0, 0.1) is 0 Å². The number of ether oxygens (including phenoxy) is 3. The number of hydrogen-bond donors (Lipinski definition) is 6. The third kappa shape index (κ3) is 5.43. The van der Waals surface area contributed by atoms with Crippen LogP contribution < -0.4 is 10.1 Å². The van der Waals surface area contributed by atoms with Gasteiger partial charge >= 0.3 is 23.9 Å². The van der Waals surface area contributed by atoms with Gasteiger partial charge in [-0.2, -0.15) is 0 Å². The Hall–Kier alpha value is -4.05. The molecule has 7 atom stereocenters. The Kier molecular flexibility index (Phi) is 8.65. The van der Waals surface area contributed by atoms with Gasteiger partial charge in [-0.05, 0) is 51.4 Å². The number of nitrogens with zero attached hydrogens (tertiary/aromatic N) is 1. The number of nitrogens with one attached hydrogen (secondary N) is 1. The maximum absolute atomic E-state index is 13.0. The first kappa shape index (κ1) is 32.3. The van der Waals surface area contributed by atoms with Crippen LogP contribution in [0.5, 0.6) is 5.75 Å². The van der Waals surface area contributed by atoms with E-state index in [1.165, 1.54) is 0 Å². The molecule has 0 unspecified atom stereocenters. The lowest BCUT2D eigenvalue weighted by molar-refractivity contribution is -0.165. The van der Waals surface area contributed by atoms with E-state index in [9.17, 15) is 39.3 Å². The van der Waals surface area contributed by atoms with E-state index in [1.54, 1.807) is 12.1 Å². The average Bonchev–Trinajstić information content (AvgIpc) is 3.31. The van der Waals surface area contributed by atoms with Crippen molar-refractivity contribution in [3.8, 4) is 5.75 Å². The average molecular weight is 633 g/mol. The molecule has 1 fully saturated rings. The molecule has 0 aromatic heterocycles. The highest BCUT2D eigenvalue weighted by Gasteiger charge is 2.70. The summed E-state index contributed by atoms with van der Waals surface area (Å²) < 4.78 is 16.9. The number of likely N-dealkylation sites (N-methyl/N-ethyl adjacent to an activating group) is 1. The fourth-order valence-corrected chi connectivity index (χ4v) is 7.27. The van der Waals surface area contributed by atoms with E-state index in [1.807, 2.05) is 18.4 Å². The summed E-state index contributed by atoms with van der Waals surface area (Å²) in [5, 5.41) is 52.8. The maximum Gasteiger partial charge on any atom is 0.340 e. The summed E-state index contributed by atoms with van der Waals surface area (Å²) in [6, 6.07) is 1.68. The molecule has 1 amide bonds. The highest BCUT2D eigenvalue weighted by atomic mass is 16.6. The number of likely N-dealkylation sites (tertiary alicyclic amines) is 1. The zero-order valence-corrected chi connectivity index (χ0v) is 24.7. The SMILES string of the molecule is C[C@H](OC(=O)C[C@H](O)C(=O)OC1=CC[C@@]2(O)[C@H]3Cc4ccc(CO)c5c4[C@@]2(CCCN3C)[C@H]1O5)C(=O)N[C@H](CC(=O)O)C(=O)O. The van der Waals surface area contributed by atoms with Crippen molar-refractivity contribution < 1.29 is 63.7 Å². The van der Waals surface area contributed by atoms with Crippen LogP contribution in [0.3, 0.4) is 0 Å². The van der Waals surface area contributed by atoms with Gasteiger partial charge < -0.3 is 50.0 Å². The van der Waals surface area contributed by atoms with Gasteiger partial charge in [-0.1, -0.05) is 12.1 Å². The fraction of sp³-hybridized carbons (Fsp3) is 0.567. The van der Waals surface area contributed by atoms with Gasteiger partial charge in [-0.3, -0.25) is 14.4 Å². The number of hydrogen-bond acceptors (Lipinski definition) is 12. The van der Waals surface area contributed by atoms with Crippen LogP contribution in [0.15, 0.2) is 24.0 Å². The monoisotopic (exact) mass is 632 g/mol. The van der Waals surface area contributed by atoms with E-state index >= 15 is 0 Å². The molecule has 6 N–H and O–H groups in total. The number of carboxylic acids is 2. The van der Waals surface area contributed by atoms with Crippen LogP contribution in [0.1, 0.15) is 55.7 Å². The van der Waals surface area contributed by atoms with Crippen LogP contribution in [0.25, 0.3) is 0 Å². The zero-order chi connectivity index (χ0) is 32.8.